The zero-order valence-corrected chi connectivity index (χ0v) is 10.1. The zero-order valence-electron chi connectivity index (χ0n) is 10.1. The first-order chi connectivity index (χ1) is 7.81. The molecule has 0 radical (unpaired) electrons. The highest BCUT2D eigenvalue weighted by Crippen LogP contribution is 2.34. The third kappa shape index (κ3) is 2.67. The molecule has 1 atom stereocenters. The molecule has 90 valence electrons. The number of furan rings is 1. The number of rotatable bonds is 3. The smallest absolute Gasteiger partial charge is 0.132 e. The molecule has 0 aromatic carbocycles. The molecule has 1 aromatic rings. The minimum Gasteiger partial charge on any atom is -0.463 e. The molecule has 1 heterocycles. The highest BCUT2D eigenvalue weighted by molar-refractivity contribution is 5.10. The van der Waals surface area contributed by atoms with Crippen LogP contribution >= 0.6 is 0 Å². The van der Waals surface area contributed by atoms with Gasteiger partial charge in [0, 0.05) is 6.42 Å². The summed E-state index contributed by atoms with van der Waals surface area (Å²) in [5, 5.41) is 10.3. The van der Waals surface area contributed by atoms with Crippen molar-refractivity contribution in [3.8, 4) is 0 Å². The van der Waals surface area contributed by atoms with Crippen LogP contribution in [0.3, 0.4) is 0 Å². The molecule has 16 heavy (non-hydrogen) atoms. The molecule has 0 saturated heterocycles. The molecule has 1 N–H and O–H groups in total. The van der Waals surface area contributed by atoms with E-state index in [1.54, 1.807) is 0 Å². The first-order valence-electron chi connectivity index (χ1n) is 6.58. The number of aliphatic hydroxyl groups excluding tert-OH is 1. The summed E-state index contributed by atoms with van der Waals surface area (Å²) in [6.07, 6.45) is 7.94. The standard InChI is InChI=1S/C14H22O2/c1-2-12-9-10-13(16-12)14(15)11-7-5-3-4-6-8-11/h9-11,14-15H,2-8H2,1H3. The minimum atomic E-state index is -0.390. The van der Waals surface area contributed by atoms with Crippen molar-refractivity contribution >= 4 is 0 Å². The van der Waals surface area contributed by atoms with Crippen molar-refractivity contribution in [1.29, 1.82) is 0 Å². The molecule has 0 aliphatic heterocycles. The maximum absolute atomic E-state index is 10.3. The molecule has 1 saturated carbocycles. The fourth-order valence-corrected chi connectivity index (χ4v) is 2.60. The van der Waals surface area contributed by atoms with E-state index >= 15 is 0 Å². The van der Waals surface area contributed by atoms with Gasteiger partial charge in [-0.15, -0.1) is 0 Å². The van der Waals surface area contributed by atoms with Gasteiger partial charge in [0.25, 0.3) is 0 Å². The zero-order chi connectivity index (χ0) is 11.4. The van der Waals surface area contributed by atoms with Gasteiger partial charge in [0.15, 0.2) is 0 Å². The molecule has 0 amide bonds. The Morgan fingerprint density at radius 2 is 1.94 bits per heavy atom. The fraction of sp³-hybridized carbons (Fsp3) is 0.714. The molecule has 1 unspecified atom stereocenters. The second-order valence-electron chi connectivity index (χ2n) is 4.85. The van der Waals surface area contributed by atoms with Crippen LogP contribution in [0.5, 0.6) is 0 Å². The highest BCUT2D eigenvalue weighted by Gasteiger charge is 2.24. The summed E-state index contributed by atoms with van der Waals surface area (Å²) in [6, 6.07) is 3.92. The van der Waals surface area contributed by atoms with Crippen molar-refractivity contribution in [3.63, 3.8) is 0 Å². The van der Waals surface area contributed by atoms with E-state index in [2.05, 4.69) is 6.92 Å². The second kappa shape index (κ2) is 5.53. The molecular formula is C14H22O2. The van der Waals surface area contributed by atoms with Gasteiger partial charge in [-0.1, -0.05) is 32.6 Å². The average Bonchev–Trinajstić information content (AvgIpc) is 2.62. The summed E-state index contributed by atoms with van der Waals surface area (Å²) in [5.74, 6) is 2.14. The predicted octanol–water partition coefficient (Wildman–Crippen LogP) is 3.85. The van der Waals surface area contributed by atoms with Crippen molar-refractivity contribution in [2.75, 3.05) is 0 Å². The van der Waals surface area contributed by atoms with Crippen molar-refractivity contribution in [1.82, 2.24) is 0 Å². The summed E-state index contributed by atoms with van der Waals surface area (Å²) < 4.78 is 5.64. The van der Waals surface area contributed by atoms with E-state index in [0.717, 1.165) is 30.8 Å². The maximum atomic E-state index is 10.3. The molecule has 1 aliphatic carbocycles. The van der Waals surface area contributed by atoms with Crippen LogP contribution in [0.15, 0.2) is 16.5 Å². The van der Waals surface area contributed by atoms with E-state index in [1.807, 2.05) is 12.1 Å². The summed E-state index contributed by atoms with van der Waals surface area (Å²) in [7, 11) is 0. The molecule has 1 aliphatic rings. The summed E-state index contributed by atoms with van der Waals surface area (Å²) in [5.41, 5.74) is 0. The Morgan fingerprint density at radius 1 is 1.25 bits per heavy atom. The number of hydrogen-bond acceptors (Lipinski definition) is 2. The van der Waals surface area contributed by atoms with Crippen molar-refractivity contribution in [3.05, 3.63) is 23.7 Å². The summed E-state index contributed by atoms with van der Waals surface area (Å²) in [6.45, 7) is 2.07. The van der Waals surface area contributed by atoms with Crippen molar-refractivity contribution < 1.29 is 9.52 Å². The molecule has 2 heteroatoms. The monoisotopic (exact) mass is 222 g/mol. The van der Waals surface area contributed by atoms with Crippen LogP contribution in [-0.2, 0) is 6.42 Å². The van der Waals surface area contributed by atoms with E-state index in [-0.39, 0.29) is 0 Å². The van der Waals surface area contributed by atoms with E-state index in [4.69, 9.17) is 4.42 Å². The highest BCUT2D eigenvalue weighted by atomic mass is 16.4. The van der Waals surface area contributed by atoms with Crippen LogP contribution in [-0.4, -0.2) is 5.11 Å². The SMILES string of the molecule is CCc1ccc(C(O)C2CCCCCC2)o1. The Bertz CT molecular complexity index is 308. The van der Waals surface area contributed by atoms with Gasteiger partial charge >= 0.3 is 0 Å². The molecule has 1 fully saturated rings. The van der Waals surface area contributed by atoms with Crippen LogP contribution in [0.2, 0.25) is 0 Å². The van der Waals surface area contributed by atoms with E-state index in [9.17, 15) is 5.11 Å². The van der Waals surface area contributed by atoms with Crippen LogP contribution in [0, 0.1) is 5.92 Å². The molecular weight excluding hydrogens is 200 g/mol. The van der Waals surface area contributed by atoms with Crippen LogP contribution in [0.4, 0.5) is 0 Å². The Hall–Kier alpha value is -0.760. The third-order valence-electron chi connectivity index (χ3n) is 3.67. The Kier molecular flexibility index (Phi) is 4.05. The molecule has 1 aromatic heterocycles. The lowest BCUT2D eigenvalue weighted by molar-refractivity contribution is 0.0764. The van der Waals surface area contributed by atoms with Gasteiger partial charge in [0.05, 0.1) is 0 Å². The number of aryl methyl sites for hydroxylation is 1. The van der Waals surface area contributed by atoms with Crippen LogP contribution in [0.1, 0.15) is 63.1 Å². The lowest BCUT2D eigenvalue weighted by atomic mass is 9.93. The van der Waals surface area contributed by atoms with E-state index in [0.29, 0.717) is 5.92 Å². The third-order valence-corrected chi connectivity index (χ3v) is 3.67. The lowest BCUT2D eigenvalue weighted by Crippen LogP contribution is -2.11. The predicted molar refractivity (Wildman–Crippen MR) is 64.2 cm³/mol. The van der Waals surface area contributed by atoms with E-state index < -0.39 is 6.10 Å². The maximum Gasteiger partial charge on any atom is 0.132 e. The van der Waals surface area contributed by atoms with E-state index in [1.165, 1.54) is 25.7 Å². The van der Waals surface area contributed by atoms with Gasteiger partial charge in [-0.05, 0) is 30.9 Å². The number of hydrogen-bond donors (Lipinski definition) is 1. The number of aliphatic hydroxyl groups is 1. The van der Waals surface area contributed by atoms with Gasteiger partial charge in [-0.25, -0.2) is 0 Å². The van der Waals surface area contributed by atoms with Gasteiger partial charge in [0.2, 0.25) is 0 Å². The quantitative estimate of drug-likeness (QED) is 0.788. The lowest BCUT2D eigenvalue weighted by Gasteiger charge is -2.19. The second-order valence-corrected chi connectivity index (χ2v) is 4.85. The topological polar surface area (TPSA) is 33.4 Å². The molecule has 0 bridgehead atoms. The largest absolute Gasteiger partial charge is 0.463 e. The van der Waals surface area contributed by atoms with Gasteiger partial charge in [-0.3, -0.25) is 0 Å². The van der Waals surface area contributed by atoms with Crippen LogP contribution < -0.4 is 0 Å². The van der Waals surface area contributed by atoms with Gasteiger partial charge in [0.1, 0.15) is 17.6 Å². The Labute approximate surface area is 97.7 Å². The first-order valence-corrected chi connectivity index (χ1v) is 6.58. The Balaban J connectivity index is 2.01. The van der Waals surface area contributed by atoms with Crippen molar-refractivity contribution in [2.24, 2.45) is 5.92 Å². The first kappa shape index (κ1) is 11.7. The minimum absolute atomic E-state index is 0.390. The molecule has 2 nitrogen and oxygen atoms in total. The van der Waals surface area contributed by atoms with Gasteiger partial charge < -0.3 is 9.52 Å². The molecule has 0 spiro atoms. The normalized spacial score (nSPS) is 20.6. The Morgan fingerprint density at radius 3 is 2.50 bits per heavy atom. The summed E-state index contributed by atoms with van der Waals surface area (Å²) >= 11 is 0. The van der Waals surface area contributed by atoms with Crippen molar-refractivity contribution in [2.45, 2.75) is 58.0 Å². The average molecular weight is 222 g/mol. The molecule has 2 rings (SSSR count). The van der Waals surface area contributed by atoms with Crippen LogP contribution in [0.25, 0.3) is 0 Å². The summed E-state index contributed by atoms with van der Waals surface area (Å²) in [4.78, 5) is 0. The van der Waals surface area contributed by atoms with Gasteiger partial charge in [-0.2, -0.15) is 0 Å². The fourth-order valence-electron chi connectivity index (χ4n) is 2.60.